The van der Waals surface area contributed by atoms with Crippen molar-refractivity contribution >= 4 is 15.0 Å². The van der Waals surface area contributed by atoms with Crippen LogP contribution >= 0.6 is 0 Å². The molecule has 0 aliphatic rings. The van der Waals surface area contributed by atoms with E-state index < -0.39 is 0 Å². The van der Waals surface area contributed by atoms with E-state index in [4.69, 9.17) is 5.26 Å². The molecule has 0 amide bonds. The van der Waals surface area contributed by atoms with Crippen LogP contribution in [-0.4, -0.2) is 15.0 Å². The first-order valence-corrected chi connectivity index (χ1v) is 10.5. The van der Waals surface area contributed by atoms with Crippen LogP contribution in [0.4, 0.5) is 0 Å². The van der Waals surface area contributed by atoms with Gasteiger partial charge >= 0.3 is 101 Å². The van der Waals surface area contributed by atoms with E-state index in [9.17, 15) is 0 Å². The third kappa shape index (κ3) is 18.0. The molecule has 0 aromatic rings. The first-order valence-electron chi connectivity index (χ1n) is 8.42. The SMILES string of the molecule is CCCCCCCCCCCCCCCC[Se]C#N. The summed E-state index contributed by atoms with van der Waals surface area (Å²) < 4.78 is 0. The molecule has 0 heterocycles. The standard InChI is InChI=1S/C17H33NSe/c1-2-3-4-5-6-7-8-9-10-11-12-13-14-15-16-19-17-18/h2-16H2,1H3. The number of nitriles is 1. The summed E-state index contributed by atoms with van der Waals surface area (Å²) in [5, 5.41) is 9.62. The number of nitrogens with zero attached hydrogens (tertiary/aromatic N) is 1. The van der Waals surface area contributed by atoms with E-state index in [2.05, 4.69) is 11.9 Å². The van der Waals surface area contributed by atoms with Gasteiger partial charge in [-0.25, -0.2) is 0 Å². The van der Waals surface area contributed by atoms with Crippen LogP contribution in [0.25, 0.3) is 0 Å². The van der Waals surface area contributed by atoms with Gasteiger partial charge in [0.1, 0.15) is 0 Å². The summed E-state index contributed by atoms with van der Waals surface area (Å²) in [5.74, 6) is 0. The van der Waals surface area contributed by atoms with Crippen LogP contribution in [0.15, 0.2) is 0 Å². The normalized spacial score (nSPS) is 10.5. The molecule has 112 valence electrons. The second kappa shape index (κ2) is 18.0. The number of rotatable bonds is 15. The van der Waals surface area contributed by atoms with Crippen LogP contribution < -0.4 is 0 Å². The summed E-state index contributed by atoms with van der Waals surface area (Å²) in [6.07, 6.45) is 19.8. The summed E-state index contributed by atoms with van der Waals surface area (Å²) >= 11 is 0.261. The Kier molecular flexibility index (Phi) is 18.0. The molecule has 19 heavy (non-hydrogen) atoms. The predicted molar refractivity (Wildman–Crippen MR) is 86.5 cm³/mol. The van der Waals surface area contributed by atoms with Gasteiger partial charge in [-0.1, -0.05) is 26.2 Å². The van der Waals surface area contributed by atoms with Crippen LogP contribution in [0.3, 0.4) is 0 Å². The predicted octanol–water partition coefficient (Wildman–Crippen LogP) is 6.07. The van der Waals surface area contributed by atoms with Gasteiger partial charge in [-0.3, -0.25) is 0 Å². The summed E-state index contributed by atoms with van der Waals surface area (Å²) in [6, 6.07) is 0. The third-order valence-corrected chi connectivity index (χ3v) is 4.97. The van der Waals surface area contributed by atoms with Gasteiger partial charge in [0, 0.05) is 0 Å². The fourth-order valence-corrected chi connectivity index (χ4v) is 3.34. The van der Waals surface area contributed by atoms with Gasteiger partial charge in [-0.2, -0.15) is 0 Å². The van der Waals surface area contributed by atoms with Crippen LogP contribution in [0, 0.1) is 10.2 Å². The number of hydrogen-bond acceptors (Lipinski definition) is 1. The van der Waals surface area contributed by atoms with Crippen molar-refractivity contribution < 1.29 is 0 Å². The van der Waals surface area contributed by atoms with Crippen molar-refractivity contribution in [2.24, 2.45) is 0 Å². The van der Waals surface area contributed by atoms with Gasteiger partial charge in [-0.05, 0) is 0 Å². The van der Waals surface area contributed by atoms with E-state index in [1.165, 1.54) is 95.2 Å². The molecular formula is C17H33NSe. The van der Waals surface area contributed by atoms with Crippen molar-refractivity contribution in [2.45, 2.75) is 102 Å². The number of unbranched alkanes of at least 4 members (excludes halogenated alkanes) is 13. The zero-order valence-corrected chi connectivity index (χ0v) is 14.7. The van der Waals surface area contributed by atoms with Gasteiger partial charge in [0.25, 0.3) is 0 Å². The van der Waals surface area contributed by atoms with Gasteiger partial charge in [0.05, 0.1) is 0 Å². The quantitative estimate of drug-likeness (QED) is 0.264. The average Bonchev–Trinajstić information content (AvgIpc) is 2.43. The third-order valence-electron chi connectivity index (χ3n) is 3.66. The molecule has 0 aliphatic carbocycles. The molecule has 0 spiro atoms. The topological polar surface area (TPSA) is 23.8 Å². The summed E-state index contributed by atoms with van der Waals surface area (Å²) in [5.41, 5.74) is 0. The Bertz CT molecular complexity index is 198. The summed E-state index contributed by atoms with van der Waals surface area (Å²) in [7, 11) is 0. The Hall–Kier alpha value is 0.00948. The van der Waals surface area contributed by atoms with Crippen molar-refractivity contribution in [2.75, 3.05) is 0 Å². The van der Waals surface area contributed by atoms with Gasteiger partial charge < -0.3 is 0 Å². The van der Waals surface area contributed by atoms with Crippen molar-refractivity contribution in [1.82, 2.24) is 0 Å². The van der Waals surface area contributed by atoms with Crippen LogP contribution in [-0.2, 0) is 0 Å². The first-order chi connectivity index (χ1) is 9.41. The molecule has 0 unspecified atom stereocenters. The zero-order chi connectivity index (χ0) is 14.0. The molecule has 0 aromatic heterocycles. The van der Waals surface area contributed by atoms with Crippen LogP contribution in [0.2, 0.25) is 5.32 Å². The average molecular weight is 330 g/mol. The van der Waals surface area contributed by atoms with Crippen molar-refractivity contribution in [3.63, 3.8) is 0 Å². The van der Waals surface area contributed by atoms with Gasteiger partial charge in [0.15, 0.2) is 0 Å². The molecule has 0 saturated carbocycles. The molecule has 0 aliphatic heterocycles. The fourth-order valence-electron chi connectivity index (χ4n) is 2.41. The first kappa shape index (κ1) is 19.0. The van der Waals surface area contributed by atoms with E-state index in [1.807, 2.05) is 0 Å². The maximum absolute atomic E-state index is 8.45. The van der Waals surface area contributed by atoms with E-state index in [0.717, 1.165) is 0 Å². The summed E-state index contributed by atoms with van der Waals surface area (Å²) in [4.78, 5) is 2.28. The van der Waals surface area contributed by atoms with Crippen molar-refractivity contribution in [1.29, 1.82) is 5.26 Å². The molecule has 0 radical (unpaired) electrons. The van der Waals surface area contributed by atoms with Crippen LogP contribution in [0.5, 0.6) is 0 Å². The van der Waals surface area contributed by atoms with E-state index in [1.54, 1.807) is 0 Å². The molecule has 0 rings (SSSR count). The molecule has 0 N–H and O–H groups in total. The Morgan fingerprint density at radius 3 is 1.37 bits per heavy atom. The molecule has 0 saturated heterocycles. The second-order valence-corrected chi connectivity index (χ2v) is 7.38. The molecule has 0 bridgehead atoms. The molecule has 2 heteroatoms. The van der Waals surface area contributed by atoms with Crippen LogP contribution in [0.1, 0.15) is 96.8 Å². The molecule has 0 aromatic carbocycles. The Morgan fingerprint density at radius 1 is 0.632 bits per heavy atom. The van der Waals surface area contributed by atoms with E-state index in [0.29, 0.717) is 0 Å². The zero-order valence-electron chi connectivity index (χ0n) is 13.0. The van der Waals surface area contributed by atoms with Crippen molar-refractivity contribution in [3.8, 4) is 4.97 Å². The fraction of sp³-hybridized carbons (Fsp3) is 0.941. The van der Waals surface area contributed by atoms with E-state index in [-0.39, 0.29) is 15.0 Å². The molecule has 1 nitrogen and oxygen atoms in total. The van der Waals surface area contributed by atoms with Crippen molar-refractivity contribution in [3.05, 3.63) is 0 Å². The molecular weight excluding hydrogens is 297 g/mol. The monoisotopic (exact) mass is 331 g/mol. The van der Waals surface area contributed by atoms with Gasteiger partial charge in [0.2, 0.25) is 0 Å². The maximum atomic E-state index is 8.45. The Morgan fingerprint density at radius 2 is 1.00 bits per heavy atom. The minimum absolute atomic E-state index is 0.261. The number of hydrogen-bond donors (Lipinski definition) is 0. The Labute approximate surface area is 127 Å². The van der Waals surface area contributed by atoms with Gasteiger partial charge in [-0.15, -0.1) is 0 Å². The second-order valence-electron chi connectivity index (χ2n) is 5.54. The van der Waals surface area contributed by atoms with E-state index >= 15 is 0 Å². The Balaban J connectivity index is 2.90. The summed E-state index contributed by atoms with van der Waals surface area (Å²) in [6.45, 7) is 2.28. The molecule has 0 fully saturated rings. The minimum atomic E-state index is 0.261. The molecule has 0 atom stereocenters.